The van der Waals surface area contributed by atoms with Gasteiger partial charge in [0.15, 0.2) is 0 Å². The minimum atomic E-state index is -0.124. The van der Waals surface area contributed by atoms with Crippen LogP contribution in [0.2, 0.25) is 0 Å². The molecule has 1 unspecified atom stereocenters. The van der Waals surface area contributed by atoms with Crippen molar-refractivity contribution in [1.82, 2.24) is 0 Å². The molecule has 1 aliphatic heterocycles. The molecule has 0 aromatic heterocycles. The van der Waals surface area contributed by atoms with E-state index in [1.54, 1.807) is 12.1 Å². The van der Waals surface area contributed by atoms with E-state index in [1.165, 1.54) is 5.56 Å². The van der Waals surface area contributed by atoms with Gasteiger partial charge in [-0.3, -0.25) is 0 Å². The van der Waals surface area contributed by atoms with Crippen molar-refractivity contribution in [3.05, 3.63) is 101 Å². The van der Waals surface area contributed by atoms with E-state index in [9.17, 15) is 5.11 Å². The molecule has 0 fully saturated rings. The first-order chi connectivity index (χ1) is 11.3. The second kappa shape index (κ2) is 5.65. The van der Waals surface area contributed by atoms with Crippen molar-refractivity contribution in [1.29, 1.82) is 0 Å². The van der Waals surface area contributed by atoms with Crippen LogP contribution in [0.3, 0.4) is 0 Å². The van der Waals surface area contributed by atoms with E-state index in [0.717, 1.165) is 22.4 Å². The number of phenolic OH excluding ortho intramolecular Hbond substituents is 1. The van der Waals surface area contributed by atoms with Crippen molar-refractivity contribution in [2.24, 2.45) is 0 Å². The summed E-state index contributed by atoms with van der Waals surface area (Å²) < 4.78 is 6.30. The lowest BCUT2D eigenvalue weighted by molar-refractivity contribution is 0.206. The lowest BCUT2D eigenvalue weighted by atomic mass is 9.93. The Kier molecular flexibility index (Phi) is 3.35. The minimum absolute atomic E-state index is 0.124. The topological polar surface area (TPSA) is 29.5 Å². The molecule has 0 aliphatic carbocycles. The quantitative estimate of drug-likeness (QED) is 0.721. The normalized spacial score (nSPS) is 16.2. The highest BCUT2D eigenvalue weighted by atomic mass is 16.5. The van der Waals surface area contributed by atoms with Crippen LogP contribution in [0, 0.1) is 0 Å². The molecule has 112 valence electrons. The smallest absolute Gasteiger partial charge is 0.149 e. The zero-order valence-corrected chi connectivity index (χ0v) is 12.5. The third-order valence-corrected chi connectivity index (χ3v) is 4.06. The summed E-state index contributed by atoms with van der Waals surface area (Å²) in [6.45, 7) is 0. The molecule has 0 radical (unpaired) electrons. The van der Waals surface area contributed by atoms with Gasteiger partial charge in [0.25, 0.3) is 0 Å². The van der Waals surface area contributed by atoms with E-state index in [2.05, 4.69) is 30.3 Å². The Labute approximate surface area is 135 Å². The molecule has 0 amide bonds. The standard InChI is InChI=1S/C21H16O2/c22-18-12-10-15(11-13-18)20-14-17-8-4-5-9-19(17)21(23-20)16-6-2-1-3-7-16/h1-14,21-22H. The Morgan fingerprint density at radius 1 is 0.739 bits per heavy atom. The van der Waals surface area contributed by atoms with Crippen LogP contribution in [0.15, 0.2) is 78.9 Å². The lowest BCUT2D eigenvalue weighted by Crippen LogP contribution is -2.11. The van der Waals surface area contributed by atoms with Gasteiger partial charge in [-0.25, -0.2) is 0 Å². The van der Waals surface area contributed by atoms with E-state index >= 15 is 0 Å². The second-order valence-electron chi connectivity index (χ2n) is 5.59. The molecule has 1 heterocycles. The summed E-state index contributed by atoms with van der Waals surface area (Å²) in [4.78, 5) is 0. The van der Waals surface area contributed by atoms with Gasteiger partial charge in [0.2, 0.25) is 0 Å². The van der Waals surface area contributed by atoms with Gasteiger partial charge in [-0.15, -0.1) is 0 Å². The van der Waals surface area contributed by atoms with Gasteiger partial charge in [0.05, 0.1) is 0 Å². The number of rotatable bonds is 2. The van der Waals surface area contributed by atoms with Crippen LogP contribution >= 0.6 is 0 Å². The Balaban J connectivity index is 1.82. The van der Waals surface area contributed by atoms with Gasteiger partial charge >= 0.3 is 0 Å². The number of aromatic hydroxyl groups is 1. The average Bonchev–Trinajstić information content (AvgIpc) is 2.62. The van der Waals surface area contributed by atoms with E-state index in [0.29, 0.717) is 0 Å². The van der Waals surface area contributed by atoms with E-state index in [4.69, 9.17) is 4.74 Å². The molecule has 3 aromatic rings. The Morgan fingerprint density at radius 2 is 1.43 bits per heavy atom. The summed E-state index contributed by atoms with van der Waals surface area (Å²) in [5.74, 6) is 1.07. The van der Waals surface area contributed by atoms with Crippen molar-refractivity contribution < 1.29 is 9.84 Å². The number of hydrogen-bond donors (Lipinski definition) is 1. The number of hydrogen-bond acceptors (Lipinski definition) is 2. The predicted octanol–water partition coefficient (Wildman–Crippen LogP) is 5.01. The first-order valence-electron chi connectivity index (χ1n) is 7.63. The van der Waals surface area contributed by atoms with Crippen LogP contribution < -0.4 is 0 Å². The largest absolute Gasteiger partial charge is 0.508 e. The highest BCUT2D eigenvalue weighted by Gasteiger charge is 2.24. The summed E-state index contributed by atoms with van der Waals surface area (Å²) in [7, 11) is 0. The number of phenols is 1. The van der Waals surface area contributed by atoms with Crippen molar-refractivity contribution in [3.8, 4) is 5.75 Å². The van der Waals surface area contributed by atoms with Gasteiger partial charge in [0, 0.05) is 11.1 Å². The molecule has 23 heavy (non-hydrogen) atoms. The number of ether oxygens (including phenoxy) is 1. The summed E-state index contributed by atoms with van der Waals surface area (Å²) in [6.07, 6.45) is 1.93. The molecule has 0 saturated carbocycles. The predicted molar refractivity (Wildman–Crippen MR) is 91.8 cm³/mol. The van der Waals surface area contributed by atoms with E-state index < -0.39 is 0 Å². The Bertz CT molecular complexity index is 849. The van der Waals surface area contributed by atoms with E-state index in [1.807, 2.05) is 42.5 Å². The molecule has 4 rings (SSSR count). The van der Waals surface area contributed by atoms with Crippen LogP contribution in [0.4, 0.5) is 0 Å². The molecule has 0 saturated heterocycles. The first kappa shape index (κ1) is 13.6. The maximum Gasteiger partial charge on any atom is 0.149 e. The summed E-state index contributed by atoms with van der Waals surface area (Å²) in [5, 5.41) is 9.48. The van der Waals surface area contributed by atoms with Crippen LogP contribution in [0.1, 0.15) is 28.4 Å². The SMILES string of the molecule is Oc1ccc(C2=Cc3ccccc3C(c3ccccc3)O2)cc1. The van der Waals surface area contributed by atoms with Crippen molar-refractivity contribution >= 4 is 11.8 Å². The molecule has 2 heteroatoms. The fraction of sp³-hybridized carbons (Fsp3) is 0.0476. The van der Waals surface area contributed by atoms with Crippen LogP contribution in [-0.2, 0) is 4.74 Å². The molecule has 3 aromatic carbocycles. The van der Waals surface area contributed by atoms with Gasteiger partial charge in [-0.1, -0.05) is 54.6 Å². The maximum atomic E-state index is 9.48. The van der Waals surface area contributed by atoms with Crippen LogP contribution in [0.5, 0.6) is 5.75 Å². The zero-order valence-electron chi connectivity index (χ0n) is 12.5. The number of benzene rings is 3. The molecule has 0 spiro atoms. The fourth-order valence-electron chi connectivity index (χ4n) is 2.90. The van der Waals surface area contributed by atoms with Gasteiger partial charge in [0.1, 0.15) is 17.6 Å². The zero-order chi connectivity index (χ0) is 15.6. The Hall–Kier alpha value is -3.00. The van der Waals surface area contributed by atoms with E-state index in [-0.39, 0.29) is 11.9 Å². The third kappa shape index (κ3) is 2.59. The van der Waals surface area contributed by atoms with Crippen LogP contribution in [0.25, 0.3) is 11.8 Å². The van der Waals surface area contributed by atoms with Crippen molar-refractivity contribution in [2.75, 3.05) is 0 Å². The molecular formula is C21H16O2. The first-order valence-corrected chi connectivity index (χ1v) is 7.63. The highest BCUT2D eigenvalue weighted by molar-refractivity contribution is 5.81. The summed E-state index contributed by atoms with van der Waals surface area (Å²) in [5.41, 5.74) is 4.42. The van der Waals surface area contributed by atoms with Gasteiger partial charge < -0.3 is 9.84 Å². The minimum Gasteiger partial charge on any atom is -0.508 e. The number of fused-ring (bicyclic) bond motifs is 1. The molecule has 2 nitrogen and oxygen atoms in total. The monoisotopic (exact) mass is 300 g/mol. The second-order valence-corrected chi connectivity index (χ2v) is 5.59. The van der Waals surface area contributed by atoms with Crippen molar-refractivity contribution in [3.63, 3.8) is 0 Å². The fourth-order valence-corrected chi connectivity index (χ4v) is 2.90. The molecule has 1 aliphatic rings. The molecule has 1 N–H and O–H groups in total. The summed E-state index contributed by atoms with van der Waals surface area (Å²) in [6, 6.07) is 25.6. The third-order valence-electron chi connectivity index (χ3n) is 4.06. The van der Waals surface area contributed by atoms with Gasteiger partial charge in [-0.2, -0.15) is 0 Å². The highest BCUT2D eigenvalue weighted by Crippen LogP contribution is 2.39. The maximum absolute atomic E-state index is 9.48. The molecular weight excluding hydrogens is 284 g/mol. The lowest BCUT2D eigenvalue weighted by Gasteiger charge is -2.27. The summed E-state index contributed by atoms with van der Waals surface area (Å²) >= 11 is 0. The Morgan fingerprint density at radius 3 is 2.22 bits per heavy atom. The van der Waals surface area contributed by atoms with Crippen molar-refractivity contribution in [2.45, 2.75) is 6.10 Å². The molecule has 0 bridgehead atoms. The molecule has 1 atom stereocenters. The van der Waals surface area contributed by atoms with Gasteiger partial charge in [-0.05, 0) is 41.5 Å². The van der Waals surface area contributed by atoms with Crippen LogP contribution in [-0.4, -0.2) is 5.11 Å². The average molecular weight is 300 g/mol.